The van der Waals surface area contributed by atoms with Crippen molar-refractivity contribution in [1.29, 1.82) is 0 Å². The lowest BCUT2D eigenvalue weighted by Crippen LogP contribution is -2.39. The van der Waals surface area contributed by atoms with Gasteiger partial charge in [-0.2, -0.15) is 0 Å². The van der Waals surface area contributed by atoms with Crippen LogP contribution in [0.4, 0.5) is 0 Å². The Hall–Kier alpha value is -2.84. The highest BCUT2D eigenvalue weighted by atomic mass is 16.5. The van der Waals surface area contributed by atoms with E-state index in [1.54, 1.807) is 38.4 Å². The van der Waals surface area contributed by atoms with Gasteiger partial charge in [0.2, 0.25) is 0 Å². The molecule has 1 aliphatic heterocycles. The standard InChI is InChI=1S/C23H30N4O4/c1-3-31-23(29)20-5-6-21(25-18(20)2)22(28)27(17-19-7-9-24-10-8-19)12-4-11-26-13-15-30-16-14-26/h5-10H,3-4,11-17H2,1-2H3. The van der Waals surface area contributed by atoms with Gasteiger partial charge < -0.3 is 14.4 Å². The fourth-order valence-corrected chi connectivity index (χ4v) is 3.54. The third-order valence-electron chi connectivity index (χ3n) is 5.22. The molecule has 0 aromatic carbocycles. The normalized spacial score (nSPS) is 14.3. The van der Waals surface area contributed by atoms with E-state index in [9.17, 15) is 9.59 Å². The van der Waals surface area contributed by atoms with Gasteiger partial charge in [-0.1, -0.05) is 0 Å². The van der Waals surface area contributed by atoms with E-state index in [-0.39, 0.29) is 5.91 Å². The minimum Gasteiger partial charge on any atom is -0.462 e. The second-order valence-electron chi connectivity index (χ2n) is 7.44. The van der Waals surface area contributed by atoms with Gasteiger partial charge in [0, 0.05) is 45.1 Å². The summed E-state index contributed by atoms with van der Waals surface area (Å²) in [5.74, 6) is -0.581. The Kier molecular flexibility index (Phi) is 8.49. The van der Waals surface area contributed by atoms with Crippen LogP contribution < -0.4 is 0 Å². The molecule has 0 aliphatic carbocycles. The molecule has 0 N–H and O–H groups in total. The maximum Gasteiger partial charge on any atom is 0.339 e. The monoisotopic (exact) mass is 426 g/mol. The van der Waals surface area contributed by atoms with Crippen LogP contribution in [0.1, 0.15) is 45.4 Å². The molecular weight excluding hydrogens is 396 g/mol. The number of carbonyl (C=O) groups excluding carboxylic acids is 2. The molecule has 2 aromatic rings. The number of esters is 1. The fourth-order valence-electron chi connectivity index (χ4n) is 3.54. The molecule has 166 valence electrons. The van der Waals surface area contributed by atoms with E-state index in [1.807, 2.05) is 17.0 Å². The summed E-state index contributed by atoms with van der Waals surface area (Å²) in [5, 5.41) is 0. The molecule has 31 heavy (non-hydrogen) atoms. The van der Waals surface area contributed by atoms with Crippen molar-refractivity contribution >= 4 is 11.9 Å². The molecule has 3 heterocycles. The summed E-state index contributed by atoms with van der Waals surface area (Å²) in [4.78, 5) is 37.9. The van der Waals surface area contributed by atoms with E-state index in [2.05, 4.69) is 14.9 Å². The largest absolute Gasteiger partial charge is 0.462 e. The molecule has 0 saturated carbocycles. The summed E-state index contributed by atoms with van der Waals surface area (Å²) >= 11 is 0. The maximum atomic E-state index is 13.3. The summed E-state index contributed by atoms with van der Waals surface area (Å²) in [6.45, 7) is 9.14. The lowest BCUT2D eigenvalue weighted by atomic mass is 10.1. The van der Waals surface area contributed by atoms with Crippen LogP contribution >= 0.6 is 0 Å². The van der Waals surface area contributed by atoms with Crippen LogP contribution in [-0.2, 0) is 16.0 Å². The predicted octanol–water partition coefficient (Wildman–Crippen LogP) is 2.33. The van der Waals surface area contributed by atoms with Gasteiger partial charge in [0.1, 0.15) is 5.69 Å². The van der Waals surface area contributed by atoms with Crippen molar-refractivity contribution in [2.45, 2.75) is 26.8 Å². The SMILES string of the molecule is CCOC(=O)c1ccc(C(=O)N(CCCN2CCOCC2)Cc2ccncc2)nc1C. The van der Waals surface area contributed by atoms with Crippen LogP contribution in [0.15, 0.2) is 36.7 Å². The van der Waals surface area contributed by atoms with Gasteiger partial charge in [0.25, 0.3) is 5.91 Å². The average Bonchev–Trinajstić information content (AvgIpc) is 2.79. The van der Waals surface area contributed by atoms with Crippen molar-refractivity contribution < 1.29 is 19.1 Å². The topological polar surface area (TPSA) is 84.9 Å². The van der Waals surface area contributed by atoms with Crippen molar-refractivity contribution in [2.75, 3.05) is 46.0 Å². The zero-order chi connectivity index (χ0) is 22.1. The number of aryl methyl sites for hydroxylation is 1. The van der Waals surface area contributed by atoms with Gasteiger partial charge >= 0.3 is 5.97 Å². The van der Waals surface area contributed by atoms with Crippen molar-refractivity contribution in [3.63, 3.8) is 0 Å². The van der Waals surface area contributed by atoms with E-state index in [0.717, 1.165) is 44.8 Å². The van der Waals surface area contributed by atoms with Gasteiger partial charge in [-0.15, -0.1) is 0 Å². The Labute approximate surface area is 183 Å². The summed E-state index contributed by atoms with van der Waals surface area (Å²) in [7, 11) is 0. The molecule has 2 aromatic heterocycles. The molecule has 1 fully saturated rings. The summed E-state index contributed by atoms with van der Waals surface area (Å²) in [6, 6.07) is 7.03. The van der Waals surface area contributed by atoms with Crippen LogP contribution in [0.3, 0.4) is 0 Å². The van der Waals surface area contributed by atoms with Crippen LogP contribution in [0.5, 0.6) is 0 Å². The zero-order valence-electron chi connectivity index (χ0n) is 18.2. The number of nitrogens with zero attached hydrogens (tertiary/aromatic N) is 4. The van der Waals surface area contributed by atoms with E-state index >= 15 is 0 Å². The van der Waals surface area contributed by atoms with Crippen LogP contribution in [-0.4, -0.2) is 77.6 Å². The number of morpholine rings is 1. The Balaban J connectivity index is 1.71. The Morgan fingerprint density at radius 3 is 2.58 bits per heavy atom. The predicted molar refractivity (Wildman–Crippen MR) is 116 cm³/mol. The third-order valence-corrected chi connectivity index (χ3v) is 5.22. The number of ether oxygens (including phenoxy) is 2. The Morgan fingerprint density at radius 1 is 1.16 bits per heavy atom. The summed E-state index contributed by atoms with van der Waals surface area (Å²) < 4.78 is 10.5. The number of carbonyl (C=O) groups is 2. The lowest BCUT2D eigenvalue weighted by Gasteiger charge is -2.28. The van der Waals surface area contributed by atoms with Crippen molar-refractivity contribution in [1.82, 2.24) is 19.8 Å². The number of pyridine rings is 2. The average molecular weight is 427 g/mol. The molecule has 0 spiro atoms. The van der Waals surface area contributed by atoms with Gasteiger partial charge in [-0.3, -0.25) is 14.7 Å². The quantitative estimate of drug-likeness (QED) is 0.569. The van der Waals surface area contributed by atoms with Crippen LogP contribution in [0.2, 0.25) is 0 Å². The van der Waals surface area contributed by atoms with Gasteiger partial charge in [-0.25, -0.2) is 9.78 Å². The van der Waals surface area contributed by atoms with Crippen LogP contribution in [0.25, 0.3) is 0 Å². The first kappa shape index (κ1) is 22.8. The first-order chi connectivity index (χ1) is 15.1. The fraction of sp³-hybridized carbons (Fsp3) is 0.478. The molecule has 3 rings (SSSR count). The van der Waals surface area contributed by atoms with Crippen molar-refractivity contribution in [3.05, 3.63) is 59.2 Å². The highest BCUT2D eigenvalue weighted by Crippen LogP contribution is 2.14. The molecule has 8 heteroatoms. The third kappa shape index (κ3) is 6.57. The first-order valence-electron chi connectivity index (χ1n) is 10.7. The van der Waals surface area contributed by atoms with Crippen LogP contribution in [0, 0.1) is 6.92 Å². The molecule has 0 radical (unpaired) electrons. The summed E-state index contributed by atoms with van der Waals surface area (Å²) in [5.41, 5.74) is 2.20. The molecule has 8 nitrogen and oxygen atoms in total. The van der Waals surface area contributed by atoms with Gasteiger partial charge in [0.15, 0.2) is 0 Å². The second kappa shape index (κ2) is 11.5. The highest BCUT2D eigenvalue weighted by molar-refractivity contribution is 5.95. The van der Waals surface area contributed by atoms with E-state index < -0.39 is 5.97 Å². The number of hydrogen-bond acceptors (Lipinski definition) is 7. The number of amides is 1. The molecule has 1 amide bonds. The van der Waals surface area contributed by atoms with Gasteiger partial charge in [-0.05, 0) is 50.1 Å². The Morgan fingerprint density at radius 2 is 1.90 bits per heavy atom. The first-order valence-corrected chi connectivity index (χ1v) is 10.7. The lowest BCUT2D eigenvalue weighted by molar-refractivity contribution is 0.0355. The molecule has 1 aliphatic rings. The summed E-state index contributed by atoms with van der Waals surface area (Å²) in [6.07, 6.45) is 4.31. The van der Waals surface area contributed by atoms with Crippen molar-refractivity contribution in [2.24, 2.45) is 0 Å². The van der Waals surface area contributed by atoms with Crippen molar-refractivity contribution in [3.8, 4) is 0 Å². The zero-order valence-corrected chi connectivity index (χ0v) is 18.2. The second-order valence-corrected chi connectivity index (χ2v) is 7.44. The maximum absolute atomic E-state index is 13.3. The highest BCUT2D eigenvalue weighted by Gasteiger charge is 2.20. The minimum absolute atomic E-state index is 0.155. The molecule has 0 bridgehead atoms. The Bertz CT molecular complexity index is 869. The minimum atomic E-state index is -0.425. The van der Waals surface area contributed by atoms with E-state index in [1.165, 1.54) is 0 Å². The number of hydrogen-bond donors (Lipinski definition) is 0. The molecule has 1 saturated heterocycles. The van der Waals surface area contributed by atoms with Gasteiger partial charge in [0.05, 0.1) is 31.1 Å². The number of aromatic nitrogens is 2. The van der Waals surface area contributed by atoms with E-state index in [0.29, 0.717) is 36.6 Å². The molecule has 0 atom stereocenters. The smallest absolute Gasteiger partial charge is 0.339 e. The van der Waals surface area contributed by atoms with E-state index in [4.69, 9.17) is 9.47 Å². The molecule has 0 unspecified atom stereocenters. The number of rotatable bonds is 9. The molecular formula is C23H30N4O4.